The molecule has 0 bridgehead atoms. The third-order valence-electron chi connectivity index (χ3n) is 6.70. The van der Waals surface area contributed by atoms with Gasteiger partial charge in [-0.15, -0.1) is 0 Å². The van der Waals surface area contributed by atoms with E-state index in [9.17, 15) is 14.3 Å². The summed E-state index contributed by atoms with van der Waals surface area (Å²) >= 11 is 0. The van der Waals surface area contributed by atoms with Gasteiger partial charge < -0.3 is 19.3 Å². The minimum absolute atomic E-state index is 0.0288. The number of rotatable bonds is 8. The summed E-state index contributed by atoms with van der Waals surface area (Å²) in [5.41, 5.74) is 3.62. The molecule has 1 aromatic heterocycles. The van der Waals surface area contributed by atoms with Crippen molar-refractivity contribution in [3.05, 3.63) is 90.0 Å². The van der Waals surface area contributed by atoms with E-state index in [4.69, 9.17) is 9.72 Å². The van der Waals surface area contributed by atoms with Gasteiger partial charge in [0.05, 0.1) is 17.6 Å². The lowest BCUT2D eigenvalue weighted by molar-refractivity contribution is -0.117. The zero-order valence-electron chi connectivity index (χ0n) is 20.5. The summed E-state index contributed by atoms with van der Waals surface area (Å²) in [4.78, 5) is 19.4. The van der Waals surface area contributed by atoms with Crippen LogP contribution in [0.5, 0.6) is 5.75 Å². The Labute approximate surface area is 210 Å². The number of aliphatic hydroxyl groups is 1. The number of carbonyl (C=O) groups excluding carboxylic acids is 1. The number of hydrogen-bond donors (Lipinski definition) is 1. The molecule has 0 spiro atoms. The van der Waals surface area contributed by atoms with E-state index in [0.29, 0.717) is 36.9 Å². The Morgan fingerprint density at radius 1 is 1.06 bits per heavy atom. The van der Waals surface area contributed by atoms with Crippen LogP contribution < -0.4 is 9.64 Å². The Bertz CT molecular complexity index is 1350. The molecule has 1 aliphatic heterocycles. The van der Waals surface area contributed by atoms with E-state index in [0.717, 1.165) is 16.9 Å². The van der Waals surface area contributed by atoms with Gasteiger partial charge in [-0.25, -0.2) is 9.37 Å². The van der Waals surface area contributed by atoms with E-state index >= 15 is 0 Å². The fourth-order valence-electron chi connectivity index (χ4n) is 4.75. The molecule has 2 heterocycles. The van der Waals surface area contributed by atoms with Crippen molar-refractivity contribution in [1.29, 1.82) is 0 Å². The summed E-state index contributed by atoms with van der Waals surface area (Å²) in [6, 6.07) is 21.7. The molecule has 6 nitrogen and oxygen atoms in total. The van der Waals surface area contributed by atoms with E-state index in [1.54, 1.807) is 17.0 Å². The largest absolute Gasteiger partial charge is 0.491 e. The van der Waals surface area contributed by atoms with Gasteiger partial charge in [0.25, 0.3) is 0 Å². The number of nitrogens with zero attached hydrogens (tertiary/aromatic N) is 3. The van der Waals surface area contributed by atoms with Crippen LogP contribution in [0.15, 0.2) is 72.8 Å². The summed E-state index contributed by atoms with van der Waals surface area (Å²) in [6.07, 6.45) is -0.466. The van der Waals surface area contributed by atoms with Crippen molar-refractivity contribution >= 4 is 22.6 Å². The average molecular weight is 488 g/mol. The fourth-order valence-corrected chi connectivity index (χ4v) is 4.75. The molecular weight excluding hydrogens is 457 g/mol. The van der Waals surface area contributed by atoms with Crippen molar-refractivity contribution < 1.29 is 19.0 Å². The summed E-state index contributed by atoms with van der Waals surface area (Å²) in [7, 11) is 0. The van der Waals surface area contributed by atoms with Crippen molar-refractivity contribution in [2.75, 3.05) is 18.1 Å². The van der Waals surface area contributed by atoms with Crippen LogP contribution in [0, 0.1) is 5.82 Å². The van der Waals surface area contributed by atoms with Crippen molar-refractivity contribution in [3.8, 4) is 5.75 Å². The van der Waals surface area contributed by atoms with Crippen molar-refractivity contribution in [1.82, 2.24) is 9.55 Å². The van der Waals surface area contributed by atoms with Crippen LogP contribution in [-0.4, -0.2) is 39.8 Å². The molecule has 3 aromatic carbocycles. The maximum Gasteiger partial charge on any atom is 0.227 e. The third-order valence-corrected chi connectivity index (χ3v) is 6.70. The smallest absolute Gasteiger partial charge is 0.227 e. The SMILES string of the molecule is CC(C)c1ccc(OC[C@@H](O)Cn2c([C@@H]3CC(=O)N(c4ccc(F)cc4)C3)nc3ccccc32)cc1. The zero-order chi connectivity index (χ0) is 25.2. The normalized spacial score (nSPS) is 16.8. The number of anilines is 1. The second kappa shape index (κ2) is 10.1. The monoisotopic (exact) mass is 487 g/mol. The van der Waals surface area contributed by atoms with Crippen LogP contribution >= 0.6 is 0 Å². The molecule has 36 heavy (non-hydrogen) atoms. The number of ether oxygens (including phenoxy) is 1. The van der Waals surface area contributed by atoms with Crippen molar-refractivity contribution in [2.24, 2.45) is 0 Å². The maximum absolute atomic E-state index is 13.4. The molecule has 5 rings (SSSR count). The number of amides is 1. The van der Waals surface area contributed by atoms with Crippen LogP contribution in [0.3, 0.4) is 0 Å². The summed E-state index contributed by atoms with van der Waals surface area (Å²) in [6.45, 7) is 5.16. The molecule has 0 saturated carbocycles. The highest BCUT2D eigenvalue weighted by atomic mass is 19.1. The molecule has 0 aliphatic carbocycles. The molecule has 2 atom stereocenters. The van der Waals surface area contributed by atoms with Crippen LogP contribution in [0.25, 0.3) is 11.0 Å². The minimum Gasteiger partial charge on any atom is -0.491 e. The first-order valence-electron chi connectivity index (χ1n) is 12.3. The van der Waals surface area contributed by atoms with Gasteiger partial charge in [-0.05, 0) is 60.0 Å². The summed E-state index contributed by atoms with van der Waals surface area (Å²) in [5, 5.41) is 10.9. The molecule has 1 saturated heterocycles. The number of para-hydroxylation sites is 2. The van der Waals surface area contributed by atoms with Gasteiger partial charge in [0.2, 0.25) is 5.91 Å². The van der Waals surface area contributed by atoms with Crippen LogP contribution in [0.2, 0.25) is 0 Å². The summed E-state index contributed by atoms with van der Waals surface area (Å²) in [5.74, 6) is 1.40. The van der Waals surface area contributed by atoms with Gasteiger partial charge in [-0.1, -0.05) is 38.1 Å². The maximum atomic E-state index is 13.4. The quantitative estimate of drug-likeness (QED) is 0.368. The first kappa shape index (κ1) is 24.0. The highest BCUT2D eigenvalue weighted by Crippen LogP contribution is 2.33. The molecular formula is C29H30FN3O3. The molecule has 4 aromatic rings. The van der Waals surface area contributed by atoms with E-state index in [1.165, 1.54) is 17.7 Å². The molecule has 1 N–H and O–H groups in total. The molecule has 1 amide bonds. The van der Waals surface area contributed by atoms with E-state index in [1.807, 2.05) is 53.1 Å². The lowest BCUT2D eigenvalue weighted by Gasteiger charge is -2.19. The predicted octanol–water partition coefficient (Wildman–Crippen LogP) is 5.26. The number of fused-ring (bicyclic) bond motifs is 1. The first-order valence-corrected chi connectivity index (χ1v) is 12.3. The van der Waals surface area contributed by atoms with Gasteiger partial charge in [0.1, 0.15) is 30.1 Å². The second-order valence-corrected chi connectivity index (χ2v) is 9.64. The number of aliphatic hydroxyl groups excluding tert-OH is 1. The highest BCUT2D eigenvalue weighted by molar-refractivity contribution is 5.96. The van der Waals surface area contributed by atoms with E-state index < -0.39 is 6.10 Å². The molecule has 1 aliphatic rings. The standard InChI is InChI=1S/C29H30FN3O3/c1-19(2)20-7-13-25(14-8-20)36-18-24(34)17-33-27-6-4-3-5-26(27)31-29(33)21-15-28(35)32(16-21)23-11-9-22(30)10-12-23/h3-14,19,21,24,34H,15-18H2,1-2H3/t21-,24+/m1/s1. The van der Waals surface area contributed by atoms with Crippen molar-refractivity contribution in [3.63, 3.8) is 0 Å². The lowest BCUT2D eigenvalue weighted by Crippen LogP contribution is -2.26. The topological polar surface area (TPSA) is 67.6 Å². The minimum atomic E-state index is -0.767. The number of halogens is 1. The Hall–Kier alpha value is -3.71. The second-order valence-electron chi connectivity index (χ2n) is 9.64. The first-order chi connectivity index (χ1) is 17.4. The average Bonchev–Trinajstić information content (AvgIpc) is 3.44. The lowest BCUT2D eigenvalue weighted by atomic mass is 10.0. The molecule has 186 valence electrons. The molecule has 1 fully saturated rings. The van der Waals surface area contributed by atoms with E-state index in [-0.39, 0.29) is 24.2 Å². The van der Waals surface area contributed by atoms with Crippen molar-refractivity contribution in [2.45, 2.75) is 44.8 Å². The zero-order valence-corrected chi connectivity index (χ0v) is 20.5. The Morgan fingerprint density at radius 3 is 2.50 bits per heavy atom. The Balaban J connectivity index is 1.34. The summed E-state index contributed by atoms with van der Waals surface area (Å²) < 4.78 is 21.2. The predicted molar refractivity (Wildman–Crippen MR) is 138 cm³/mol. The van der Waals surface area contributed by atoms with Gasteiger partial charge in [-0.2, -0.15) is 0 Å². The molecule has 7 heteroatoms. The van der Waals surface area contributed by atoms with Crippen LogP contribution in [0.4, 0.5) is 10.1 Å². The fraction of sp³-hybridized carbons (Fsp3) is 0.310. The Kier molecular flexibility index (Phi) is 6.74. The Morgan fingerprint density at radius 2 is 1.78 bits per heavy atom. The van der Waals surface area contributed by atoms with Gasteiger partial charge in [0, 0.05) is 24.6 Å². The molecule has 0 radical (unpaired) electrons. The molecule has 0 unspecified atom stereocenters. The number of imidazole rings is 1. The number of carbonyl (C=O) groups is 1. The van der Waals surface area contributed by atoms with Gasteiger partial charge in [0.15, 0.2) is 0 Å². The number of hydrogen-bond acceptors (Lipinski definition) is 4. The van der Waals surface area contributed by atoms with Crippen LogP contribution in [-0.2, 0) is 11.3 Å². The number of aromatic nitrogens is 2. The van der Waals surface area contributed by atoms with Crippen LogP contribution in [0.1, 0.15) is 43.5 Å². The van der Waals surface area contributed by atoms with E-state index in [2.05, 4.69) is 13.8 Å². The number of benzene rings is 3. The van der Waals surface area contributed by atoms with Gasteiger partial charge in [-0.3, -0.25) is 4.79 Å². The third kappa shape index (κ3) is 4.97. The van der Waals surface area contributed by atoms with Gasteiger partial charge >= 0.3 is 0 Å². The highest BCUT2D eigenvalue weighted by Gasteiger charge is 2.35.